The van der Waals surface area contributed by atoms with Crippen molar-refractivity contribution >= 4 is 57.6 Å². The molecule has 6 heteroatoms. The fourth-order valence-corrected chi connectivity index (χ4v) is 3.10. The van der Waals surface area contributed by atoms with E-state index >= 15 is 0 Å². The summed E-state index contributed by atoms with van der Waals surface area (Å²) in [6, 6.07) is 0. The summed E-state index contributed by atoms with van der Waals surface area (Å²) in [5, 5.41) is 6.49. The molecule has 0 saturated carbocycles. The number of thioether (sulfide) groups is 1. The smallest absolute Gasteiger partial charge is 0.191 e. The predicted octanol–water partition coefficient (Wildman–Crippen LogP) is 3.35. The van der Waals surface area contributed by atoms with E-state index < -0.39 is 0 Å². The molecule has 0 amide bonds. The van der Waals surface area contributed by atoms with E-state index in [4.69, 9.17) is 0 Å². The van der Waals surface area contributed by atoms with Crippen LogP contribution in [0, 0.1) is 0 Å². The van der Waals surface area contributed by atoms with Crippen molar-refractivity contribution in [2.24, 2.45) is 4.99 Å². The summed E-state index contributed by atoms with van der Waals surface area (Å²) in [4.78, 5) is 4.65. The van der Waals surface area contributed by atoms with Gasteiger partial charge in [-0.05, 0) is 32.4 Å². The fourth-order valence-electron chi connectivity index (χ4n) is 1.73. The lowest BCUT2D eigenvalue weighted by molar-refractivity contribution is 0.615. The number of hydrogen-bond donors (Lipinski definition) is 2. The third kappa shape index (κ3) is 7.23. The molecular weight excluding hydrogens is 425 g/mol. The molecule has 1 saturated heterocycles. The molecule has 0 radical (unpaired) electrons. The van der Waals surface area contributed by atoms with Crippen molar-refractivity contribution in [2.45, 2.75) is 31.4 Å². The van der Waals surface area contributed by atoms with Gasteiger partial charge < -0.3 is 10.6 Å². The summed E-state index contributed by atoms with van der Waals surface area (Å²) in [6.07, 6.45) is 2.59. The molecule has 1 fully saturated rings. The standard InChI is InChI=1S/C12H22BrN3S.HI/c1-4-14-11(15-8-10(2)13)16-9-12(3)6-5-7-17-12;/h2,4-9H2,1,3H3,(H2,14,15,16);1H. The maximum absolute atomic E-state index is 4.65. The Kier molecular flexibility index (Phi) is 9.77. The number of halogens is 2. The molecule has 1 atom stereocenters. The van der Waals surface area contributed by atoms with Crippen LogP contribution in [-0.2, 0) is 0 Å². The van der Waals surface area contributed by atoms with Crippen molar-refractivity contribution in [1.82, 2.24) is 10.6 Å². The molecule has 1 aliphatic rings. The second-order valence-corrected chi connectivity index (χ2v) is 7.27. The first-order chi connectivity index (χ1) is 8.06. The van der Waals surface area contributed by atoms with Crippen LogP contribution in [0.2, 0.25) is 0 Å². The van der Waals surface area contributed by atoms with Gasteiger partial charge in [0.15, 0.2) is 5.96 Å². The van der Waals surface area contributed by atoms with E-state index in [-0.39, 0.29) is 24.0 Å². The van der Waals surface area contributed by atoms with Gasteiger partial charge in [0.25, 0.3) is 0 Å². The number of nitrogens with zero attached hydrogens (tertiary/aromatic N) is 1. The van der Waals surface area contributed by atoms with Crippen molar-refractivity contribution in [3.63, 3.8) is 0 Å². The molecule has 1 rings (SSSR count). The molecule has 106 valence electrons. The Morgan fingerprint density at radius 1 is 1.50 bits per heavy atom. The summed E-state index contributed by atoms with van der Waals surface area (Å²) in [5.74, 6) is 2.15. The molecule has 0 aliphatic carbocycles. The summed E-state index contributed by atoms with van der Waals surface area (Å²) in [6.45, 7) is 10.6. The van der Waals surface area contributed by atoms with Gasteiger partial charge >= 0.3 is 0 Å². The minimum atomic E-state index is 0. The van der Waals surface area contributed by atoms with Gasteiger partial charge in [-0.2, -0.15) is 11.8 Å². The minimum absolute atomic E-state index is 0. The summed E-state index contributed by atoms with van der Waals surface area (Å²) in [5.41, 5.74) is 0. The first-order valence-electron chi connectivity index (χ1n) is 6.05. The zero-order valence-electron chi connectivity index (χ0n) is 11.1. The highest BCUT2D eigenvalue weighted by molar-refractivity contribution is 14.0. The molecule has 2 N–H and O–H groups in total. The van der Waals surface area contributed by atoms with Crippen LogP contribution in [0.25, 0.3) is 0 Å². The van der Waals surface area contributed by atoms with Crippen molar-refractivity contribution in [2.75, 3.05) is 25.4 Å². The lowest BCUT2D eigenvalue weighted by Crippen LogP contribution is -2.39. The zero-order chi connectivity index (χ0) is 12.7. The van der Waals surface area contributed by atoms with Crippen LogP contribution in [0.3, 0.4) is 0 Å². The number of nitrogens with one attached hydrogen (secondary N) is 2. The number of guanidine groups is 1. The van der Waals surface area contributed by atoms with E-state index in [1.54, 1.807) is 0 Å². The molecule has 1 heterocycles. The van der Waals surface area contributed by atoms with Gasteiger partial charge in [-0.15, -0.1) is 24.0 Å². The molecule has 0 spiro atoms. The van der Waals surface area contributed by atoms with Crippen molar-refractivity contribution in [1.29, 1.82) is 0 Å². The predicted molar refractivity (Wildman–Crippen MR) is 97.6 cm³/mol. The Bertz CT molecular complexity index is 291. The highest BCUT2D eigenvalue weighted by atomic mass is 127. The normalized spacial score (nSPS) is 23.4. The summed E-state index contributed by atoms with van der Waals surface area (Å²) < 4.78 is 1.26. The molecule has 1 unspecified atom stereocenters. The van der Waals surface area contributed by atoms with Gasteiger partial charge in [-0.1, -0.05) is 22.5 Å². The molecule has 18 heavy (non-hydrogen) atoms. The van der Waals surface area contributed by atoms with E-state index in [0.29, 0.717) is 11.3 Å². The second-order valence-electron chi connectivity index (χ2n) is 4.47. The van der Waals surface area contributed by atoms with Crippen LogP contribution in [-0.4, -0.2) is 36.1 Å². The molecule has 0 bridgehead atoms. The van der Waals surface area contributed by atoms with Crippen LogP contribution in [0.5, 0.6) is 0 Å². The van der Waals surface area contributed by atoms with Gasteiger partial charge in [-0.3, -0.25) is 4.99 Å². The lowest BCUT2D eigenvalue weighted by atomic mass is 10.1. The Labute approximate surface area is 140 Å². The highest BCUT2D eigenvalue weighted by Gasteiger charge is 2.29. The van der Waals surface area contributed by atoms with Gasteiger partial charge in [-0.25, -0.2) is 0 Å². The second kappa shape index (κ2) is 9.47. The molecule has 3 nitrogen and oxygen atoms in total. The van der Waals surface area contributed by atoms with Crippen molar-refractivity contribution in [3.05, 3.63) is 11.1 Å². The third-order valence-corrected chi connectivity index (χ3v) is 4.47. The highest BCUT2D eigenvalue weighted by Crippen LogP contribution is 2.37. The number of rotatable bonds is 5. The number of hydrogen-bond acceptors (Lipinski definition) is 2. The van der Waals surface area contributed by atoms with E-state index in [1.807, 2.05) is 11.8 Å². The third-order valence-electron chi connectivity index (χ3n) is 2.66. The fraction of sp³-hybridized carbons (Fsp3) is 0.750. The van der Waals surface area contributed by atoms with E-state index in [1.165, 1.54) is 18.6 Å². The first-order valence-corrected chi connectivity index (χ1v) is 7.83. The largest absolute Gasteiger partial charge is 0.357 e. The van der Waals surface area contributed by atoms with Crippen molar-refractivity contribution < 1.29 is 0 Å². The summed E-state index contributed by atoms with van der Waals surface area (Å²) in [7, 11) is 0. The van der Waals surface area contributed by atoms with Gasteiger partial charge in [0.05, 0.1) is 6.54 Å². The molecule has 1 aliphatic heterocycles. The van der Waals surface area contributed by atoms with E-state index in [9.17, 15) is 0 Å². The lowest BCUT2D eigenvalue weighted by Gasteiger charge is -2.21. The van der Waals surface area contributed by atoms with E-state index in [2.05, 4.69) is 52.0 Å². The average molecular weight is 448 g/mol. The first kappa shape index (κ1) is 18.6. The SMILES string of the molecule is C=C(Br)CNC(=NCC1(C)CCCS1)NCC.I. The Morgan fingerprint density at radius 3 is 2.72 bits per heavy atom. The Balaban J connectivity index is 0.00000289. The summed E-state index contributed by atoms with van der Waals surface area (Å²) >= 11 is 5.38. The molecule has 0 aromatic rings. The van der Waals surface area contributed by atoms with Crippen LogP contribution < -0.4 is 10.6 Å². The average Bonchev–Trinajstić information content (AvgIpc) is 2.70. The van der Waals surface area contributed by atoms with Crippen LogP contribution >= 0.6 is 51.7 Å². The quantitative estimate of drug-likeness (QED) is 0.385. The topological polar surface area (TPSA) is 36.4 Å². The maximum atomic E-state index is 4.65. The van der Waals surface area contributed by atoms with Crippen LogP contribution in [0.15, 0.2) is 16.1 Å². The Hall–Kier alpha value is 0.570. The minimum Gasteiger partial charge on any atom is -0.357 e. The van der Waals surface area contributed by atoms with Gasteiger partial charge in [0.1, 0.15) is 0 Å². The number of aliphatic imine (C=N–C) groups is 1. The molecule has 0 aromatic heterocycles. The van der Waals surface area contributed by atoms with Gasteiger partial charge in [0, 0.05) is 22.3 Å². The Morgan fingerprint density at radius 2 is 2.22 bits per heavy atom. The molecule has 0 aromatic carbocycles. The maximum Gasteiger partial charge on any atom is 0.191 e. The van der Waals surface area contributed by atoms with Gasteiger partial charge in [0.2, 0.25) is 0 Å². The van der Waals surface area contributed by atoms with E-state index in [0.717, 1.165) is 23.5 Å². The van der Waals surface area contributed by atoms with Crippen LogP contribution in [0.1, 0.15) is 26.7 Å². The molecular formula is C12H23BrIN3S. The zero-order valence-corrected chi connectivity index (χ0v) is 15.8. The monoisotopic (exact) mass is 447 g/mol. The van der Waals surface area contributed by atoms with Crippen molar-refractivity contribution in [3.8, 4) is 0 Å². The van der Waals surface area contributed by atoms with Crippen LogP contribution in [0.4, 0.5) is 0 Å².